The molecule has 156 valence electrons. The quantitative estimate of drug-likeness (QED) is 0.437. The number of amidine groups is 1. The van der Waals surface area contributed by atoms with Gasteiger partial charge < -0.3 is 5.32 Å². The van der Waals surface area contributed by atoms with Gasteiger partial charge in [0, 0.05) is 21.6 Å². The van der Waals surface area contributed by atoms with E-state index in [1.54, 1.807) is 41.3 Å². The summed E-state index contributed by atoms with van der Waals surface area (Å²) in [6.07, 6.45) is 0.0442. The van der Waals surface area contributed by atoms with Gasteiger partial charge in [0.2, 0.25) is 11.8 Å². The zero-order chi connectivity index (χ0) is 21.8. The summed E-state index contributed by atoms with van der Waals surface area (Å²) in [4.78, 5) is 32.0. The van der Waals surface area contributed by atoms with Crippen LogP contribution >= 0.6 is 39.3 Å². The Morgan fingerprint density at radius 3 is 2.39 bits per heavy atom. The van der Waals surface area contributed by atoms with Crippen molar-refractivity contribution in [2.45, 2.75) is 11.7 Å². The third kappa shape index (κ3) is 5.36. The van der Waals surface area contributed by atoms with Crippen LogP contribution in [0.25, 0.3) is 0 Å². The molecule has 1 saturated heterocycles. The van der Waals surface area contributed by atoms with Gasteiger partial charge >= 0.3 is 0 Å². The van der Waals surface area contributed by atoms with Crippen LogP contribution in [0.5, 0.6) is 0 Å². The largest absolute Gasteiger partial charge is 0.326 e. The van der Waals surface area contributed by atoms with Crippen LogP contribution in [-0.4, -0.2) is 22.2 Å². The van der Waals surface area contributed by atoms with Crippen LogP contribution in [0.1, 0.15) is 6.42 Å². The van der Waals surface area contributed by atoms with E-state index in [-0.39, 0.29) is 18.2 Å². The van der Waals surface area contributed by atoms with Gasteiger partial charge in [-0.1, -0.05) is 57.5 Å². The lowest BCUT2D eigenvalue weighted by Gasteiger charge is -2.16. The van der Waals surface area contributed by atoms with E-state index in [0.29, 0.717) is 27.3 Å². The molecule has 1 aliphatic heterocycles. The lowest BCUT2D eigenvalue weighted by Crippen LogP contribution is -2.33. The highest BCUT2D eigenvalue weighted by molar-refractivity contribution is 9.10. The number of hydrogen-bond donors (Lipinski definition) is 1. The van der Waals surface area contributed by atoms with Gasteiger partial charge in [-0.15, -0.1) is 0 Å². The van der Waals surface area contributed by atoms with Crippen molar-refractivity contribution in [3.63, 3.8) is 0 Å². The SMILES string of the molecule is O=C(C[C@H]1SC(=Nc2ccc(Cl)cc2)N(c2ccccc2)C1=O)Nc1ccc(Br)cc1. The number of anilines is 2. The molecule has 5 nitrogen and oxygen atoms in total. The van der Waals surface area contributed by atoms with Gasteiger partial charge in [0.25, 0.3) is 0 Å². The van der Waals surface area contributed by atoms with E-state index in [2.05, 4.69) is 26.2 Å². The number of halogens is 2. The molecule has 31 heavy (non-hydrogen) atoms. The molecule has 0 aromatic heterocycles. The summed E-state index contributed by atoms with van der Waals surface area (Å²) in [5.41, 5.74) is 2.07. The minimum Gasteiger partial charge on any atom is -0.326 e. The van der Waals surface area contributed by atoms with E-state index in [0.717, 1.165) is 4.47 Å². The van der Waals surface area contributed by atoms with E-state index in [1.165, 1.54) is 11.8 Å². The van der Waals surface area contributed by atoms with Crippen molar-refractivity contribution < 1.29 is 9.59 Å². The molecule has 0 radical (unpaired) electrons. The molecule has 1 atom stereocenters. The van der Waals surface area contributed by atoms with Gasteiger partial charge in [-0.25, -0.2) is 4.99 Å². The van der Waals surface area contributed by atoms with Crippen LogP contribution in [0.15, 0.2) is 88.3 Å². The molecule has 3 aromatic carbocycles. The number of nitrogens with zero attached hydrogens (tertiary/aromatic N) is 2. The van der Waals surface area contributed by atoms with Crippen molar-refractivity contribution in [2.75, 3.05) is 10.2 Å². The maximum Gasteiger partial charge on any atom is 0.247 e. The summed E-state index contributed by atoms with van der Waals surface area (Å²) in [6, 6.07) is 23.7. The molecule has 0 saturated carbocycles. The highest BCUT2D eigenvalue weighted by Crippen LogP contribution is 2.35. The molecule has 0 spiro atoms. The van der Waals surface area contributed by atoms with Gasteiger partial charge in [-0.3, -0.25) is 14.5 Å². The first-order valence-corrected chi connectivity index (χ1v) is 11.5. The Labute approximate surface area is 197 Å². The Hall–Kier alpha value is -2.61. The van der Waals surface area contributed by atoms with E-state index in [9.17, 15) is 9.59 Å². The molecular formula is C23H17BrClN3O2S. The standard InChI is InChI=1S/C23H17BrClN3O2S/c24-15-6-10-17(11-7-15)26-21(29)14-20-22(30)28(19-4-2-1-3-5-19)23(31-20)27-18-12-8-16(25)9-13-18/h1-13,20H,14H2,(H,26,29)/t20-/m1/s1. The first-order chi connectivity index (χ1) is 15.0. The smallest absolute Gasteiger partial charge is 0.247 e. The number of carbonyl (C=O) groups excluding carboxylic acids is 2. The molecule has 0 aliphatic carbocycles. The number of hydrogen-bond acceptors (Lipinski definition) is 4. The summed E-state index contributed by atoms with van der Waals surface area (Å²) in [5, 5.41) is 3.42. The van der Waals surface area contributed by atoms with Gasteiger partial charge in [0.05, 0.1) is 11.4 Å². The summed E-state index contributed by atoms with van der Waals surface area (Å²) in [6.45, 7) is 0. The van der Waals surface area contributed by atoms with Gasteiger partial charge in [0.15, 0.2) is 5.17 Å². The molecule has 1 aliphatic rings. The average molecular weight is 515 g/mol. The molecule has 0 unspecified atom stereocenters. The number of amides is 2. The fourth-order valence-corrected chi connectivity index (χ4v) is 4.57. The Morgan fingerprint density at radius 1 is 1.03 bits per heavy atom. The van der Waals surface area contributed by atoms with Crippen LogP contribution in [0.2, 0.25) is 5.02 Å². The first kappa shape index (κ1) is 21.6. The third-order valence-electron chi connectivity index (χ3n) is 4.50. The van der Waals surface area contributed by atoms with Crippen molar-refractivity contribution >= 4 is 73.3 Å². The lowest BCUT2D eigenvalue weighted by atomic mass is 10.2. The highest BCUT2D eigenvalue weighted by Gasteiger charge is 2.40. The number of thioether (sulfide) groups is 1. The second-order valence-electron chi connectivity index (χ2n) is 6.75. The molecule has 8 heteroatoms. The lowest BCUT2D eigenvalue weighted by molar-refractivity contribution is -0.121. The number of nitrogens with one attached hydrogen (secondary N) is 1. The van der Waals surface area contributed by atoms with Crippen LogP contribution < -0.4 is 10.2 Å². The molecule has 1 heterocycles. The number of aliphatic imine (C=N–C) groups is 1. The minimum absolute atomic E-state index is 0.0442. The fourth-order valence-electron chi connectivity index (χ4n) is 3.03. The van der Waals surface area contributed by atoms with Gasteiger partial charge in [-0.2, -0.15) is 0 Å². The summed E-state index contributed by atoms with van der Waals surface area (Å²) in [7, 11) is 0. The van der Waals surface area contributed by atoms with Gasteiger partial charge in [0.1, 0.15) is 5.25 Å². The summed E-state index contributed by atoms with van der Waals surface area (Å²) >= 11 is 10.6. The number of benzene rings is 3. The Bertz CT molecular complexity index is 1120. The van der Waals surface area contributed by atoms with Crippen molar-refractivity contribution in [3.05, 3.63) is 88.4 Å². The summed E-state index contributed by atoms with van der Waals surface area (Å²) < 4.78 is 0.925. The highest BCUT2D eigenvalue weighted by atomic mass is 79.9. The zero-order valence-electron chi connectivity index (χ0n) is 16.2. The molecule has 2 amide bonds. The van der Waals surface area contributed by atoms with E-state index < -0.39 is 5.25 Å². The molecule has 3 aromatic rings. The Morgan fingerprint density at radius 2 is 1.71 bits per heavy atom. The van der Waals surface area contributed by atoms with Gasteiger partial charge in [-0.05, 0) is 60.7 Å². The van der Waals surface area contributed by atoms with E-state index in [1.807, 2.05) is 42.5 Å². The van der Waals surface area contributed by atoms with Crippen molar-refractivity contribution in [1.82, 2.24) is 0 Å². The monoisotopic (exact) mass is 513 g/mol. The van der Waals surface area contributed by atoms with Crippen molar-refractivity contribution in [3.8, 4) is 0 Å². The molecule has 1 fully saturated rings. The topological polar surface area (TPSA) is 61.8 Å². The molecule has 4 rings (SSSR count). The number of carbonyl (C=O) groups is 2. The van der Waals surface area contributed by atoms with Crippen LogP contribution in [0, 0.1) is 0 Å². The molecule has 1 N–H and O–H groups in total. The van der Waals surface area contributed by atoms with E-state index in [4.69, 9.17) is 11.6 Å². The maximum absolute atomic E-state index is 13.2. The van der Waals surface area contributed by atoms with E-state index >= 15 is 0 Å². The predicted octanol–water partition coefficient (Wildman–Crippen LogP) is 6.27. The minimum atomic E-state index is -0.568. The number of para-hydroxylation sites is 1. The second kappa shape index (κ2) is 9.68. The summed E-state index contributed by atoms with van der Waals surface area (Å²) in [5.74, 6) is -0.399. The predicted molar refractivity (Wildman–Crippen MR) is 131 cm³/mol. The maximum atomic E-state index is 13.2. The Balaban J connectivity index is 1.56. The van der Waals surface area contributed by atoms with Crippen molar-refractivity contribution in [2.24, 2.45) is 4.99 Å². The normalized spacial score (nSPS) is 17.2. The zero-order valence-corrected chi connectivity index (χ0v) is 19.3. The van der Waals surface area contributed by atoms with Crippen molar-refractivity contribution in [1.29, 1.82) is 0 Å². The second-order valence-corrected chi connectivity index (χ2v) is 9.27. The number of rotatable bonds is 5. The fraction of sp³-hybridized carbons (Fsp3) is 0.0870. The average Bonchev–Trinajstić information content (AvgIpc) is 3.06. The van der Waals surface area contributed by atoms with Crippen LogP contribution in [0.4, 0.5) is 17.1 Å². The molecule has 0 bridgehead atoms. The molecular weight excluding hydrogens is 498 g/mol. The first-order valence-electron chi connectivity index (χ1n) is 9.45. The van der Waals surface area contributed by atoms with Crippen LogP contribution in [0.3, 0.4) is 0 Å². The Kier molecular flexibility index (Phi) is 6.75. The third-order valence-corrected chi connectivity index (χ3v) is 6.42. The van der Waals surface area contributed by atoms with Crippen LogP contribution in [-0.2, 0) is 9.59 Å².